The van der Waals surface area contributed by atoms with Crippen LogP contribution in [0.25, 0.3) is 0 Å². The van der Waals surface area contributed by atoms with Gasteiger partial charge in [-0.05, 0) is 32.7 Å². The van der Waals surface area contributed by atoms with Gasteiger partial charge in [0.1, 0.15) is 0 Å². The molecule has 2 rings (SSSR count). The number of likely N-dealkylation sites (tertiary alicyclic amines) is 1. The Hall–Kier alpha value is -0.610. The van der Waals surface area contributed by atoms with E-state index in [1.54, 1.807) is 0 Å². The summed E-state index contributed by atoms with van der Waals surface area (Å²) in [6, 6.07) is 0.0714. The molecule has 4 heteroatoms. The standard InChI is InChI=1S/C14H27N3O/c1-3-15-9-11-16(12-10-15)13(2)14(18)17-7-5-4-6-8-17/h13H,3-12H2,1-2H3. The van der Waals surface area contributed by atoms with Gasteiger partial charge in [-0.25, -0.2) is 0 Å². The zero-order chi connectivity index (χ0) is 13.0. The molecule has 104 valence electrons. The zero-order valence-corrected chi connectivity index (χ0v) is 11.9. The molecule has 0 radical (unpaired) electrons. The Labute approximate surface area is 111 Å². The number of rotatable bonds is 3. The van der Waals surface area contributed by atoms with E-state index in [0.717, 1.165) is 45.8 Å². The van der Waals surface area contributed by atoms with Crippen molar-refractivity contribution in [2.45, 2.75) is 39.2 Å². The number of likely N-dealkylation sites (N-methyl/N-ethyl adjacent to an activating group) is 1. The molecule has 0 spiro atoms. The second-order valence-corrected chi connectivity index (χ2v) is 5.53. The van der Waals surface area contributed by atoms with Crippen LogP contribution in [0.1, 0.15) is 33.1 Å². The minimum absolute atomic E-state index is 0.0714. The highest BCUT2D eigenvalue weighted by molar-refractivity contribution is 5.81. The summed E-state index contributed by atoms with van der Waals surface area (Å²) in [4.78, 5) is 19.3. The van der Waals surface area contributed by atoms with Crippen molar-refractivity contribution in [1.29, 1.82) is 0 Å². The van der Waals surface area contributed by atoms with Crippen LogP contribution in [0.15, 0.2) is 0 Å². The molecule has 0 aromatic carbocycles. The van der Waals surface area contributed by atoms with Crippen LogP contribution in [-0.2, 0) is 4.79 Å². The quantitative estimate of drug-likeness (QED) is 0.751. The summed E-state index contributed by atoms with van der Waals surface area (Å²) < 4.78 is 0. The lowest BCUT2D eigenvalue weighted by atomic mass is 10.1. The summed E-state index contributed by atoms with van der Waals surface area (Å²) in [5, 5.41) is 0. The number of carbonyl (C=O) groups excluding carboxylic acids is 1. The van der Waals surface area contributed by atoms with E-state index in [0.29, 0.717) is 5.91 Å². The average molecular weight is 253 g/mol. The van der Waals surface area contributed by atoms with Crippen molar-refractivity contribution >= 4 is 5.91 Å². The molecule has 1 unspecified atom stereocenters. The maximum Gasteiger partial charge on any atom is 0.239 e. The maximum atomic E-state index is 12.4. The summed E-state index contributed by atoms with van der Waals surface area (Å²) in [5.74, 6) is 0.347. The van der Waals surface area contributed by atoms with Gasteiger partial charge < -0.3 is 9.80 Å². The third-order valence-corrected chi connectivity index (χ3v) is 4.43. The average Bonchev–Trinajstić information content (AvgIpc) is 2.47. The number of hydrogen-bond acceptors (Lipinski definition) is 3. The van der Waals surface area contributed by atoms with Crippen LogP contribution in [0.4, 0.5) is 0 Å². The van der Waals surface area contributed by atoms with E-state index in [1.165, 1.54) is 19.3 Å². The van der Waals surface area contributed by atoms with Gasteiger partial charge >= 0.3 is 0 Å². The SMILES string of the molecule is CCN1CCN(C(C)C(=O)N2CCCCC2)CC1. The molecule has 0 aliphatic carbocycles. The van der Waals surface area contributed by atoms with Crippen LogP contribution in [-0.4, -0.2) is 72.5 Å². The Morgan fingerprint density at radius 1 is 1.00 bits per heavy atom. The number of piperidine rings is 1. The molecule has 0 aromatic heterocycles. The number of amides is 1. The van der Waals surface area contributed by atoms with Crippen LogP contribution in [0, 0.1) is 0 Å². The van der Waals surface area contributed by atoms with Gasteiger partial charge in [-0.1, -0.05) is 6.92 Å². The van der Waals surface area contributed by atoms with Gasteiger partial charge in [0.05, 0.1) is 6.04 Å². The van der Waals surface area contributed by atoms with E-state index in [9.17, 15) is 4.79 Å². The predicted octanol–water partition coefficient (Wildman–Crippen LogP) is 1.02. The summed E-state index contributed by atoms with van der Waals surface area (Å²) in [6.07, 6.45) is 3.65. The summed E-state index contributed by atoms with van der Waals surface area (Å²) in [5.41, 5.74) is 0. The highest BCUT2D eigenvalue weighted by Crippen LogP contribution is 2.13. The summed E-state index contributed by atoms with van der Waals surface area (Å²) >= 11 is 0. The number of nitrogens with zero attached hydrogens (tertiary/aromatic N) is 3. The first kappa shape index (κ1) is 13.8. The molecule has 2 aliphatic rings. The summed E-state index contributed by atoms with van der Waals surface area (Å²) in [7, 11) is 0. The maximum absolute atomic E-state index is 12.4. The van der Waals surface area contributed by atoms with Gasteiger partial charge in [-0.15, -0.1) is 0 Å². The first-order valence-electron chi connectivity index (χ1n) is 7.47. The van der Waals surface area contributed by atoms with Crippen molar-refractivity contribution in [3.63, 3.8) is 0 Å². The molecule has 4 nitrogen and oxygen atoms in total. The largest absolute Gasteiger partial charge is 0.341 e. The first-order chi connectivity index (χ1) is 8.72. The molecular formula is C14H27N3O. The lowest BCUT2D eigenvalue weighted by molar-refractivity contribution is -0.138. The molecule has 0 aromatic rings. The molecule has 1 atom stereocenters. The van der Waals surface area contributed by atoms with Crippen LogP contribution < -0.4 is 0 Å². The van der Waals surface area contributed by atoms with Gasteiger partial charge in [-0.3, -0.25) is 9.69 Å². The molecule has 2 aliphatic heterocycles. The molecular weight excluding hydrogens is 226 g/mol. The lowest BCUT2D eigenvalue weighted by Crippen LogP contribution is -2.55. The van der Waals surface area contributed by atoms with Crippen LogP contribution >= 0.6 is 0 Å². The van der Waals surface area contributed by atoms with Gasteiger partial charge in [0, 0.05) is 39.3 Å². The van der Waals surface area contributed by atoms with Crippen molar-refractivity contribution in [2.75, 3.05) is 45.8 Å². The minimum atomic E-state index is 0.0714. The third-order valence-electron chi connectivity index (χ3n) is 4.43. The Balaban J connectivity index is 1.83. The van der Waals surface area contributed by atoms with Gasteiger partial charge in [-0.2, -0.15) is 0 Å². The normalized spacial score (nSPS) is 25.1. The Morgan fingerprint density at radius 2 is 1.61 bits per heavy atom. The van der Waals surface area contributed by atoms with Crippen molar-refractivity contribution < 1.29 is 4.79 Å². The zero-order valence-electron chi connectivity index (χ0n) is 11.9. The fourth-order valence-corrected chi connectivity index (χ4v) is 3.00. The van der Waals surface area contributed by atoms with Crippen molar-refractivity contribution in [3.05, 3.63) is 0 Å². The van der Waals surface area contributed by atoms with E-state index in [2.05, 4.69) is 28.5 Å². The topological polar surface area (TPSA) is 26.8 Å². The minimum Gasteiger partial charge on any atom is -0.341 e. The van der Waals surface area contributed by atoms with Gasteiger partial charge in [0.25, 0.3) is 0 Å². The van der Waals surface area contributed by atoms with Gasteiger partial charge in [0.2, 0.25) is 5.91 Å². The molecule has 0 N–H and O–H groups in total. The van der Waals surface area contributed by atoms with E-state index < -0.39 is 0 Å². The molecule has 18 heavy (non-hydrogen) atoms. The monoisotopic (exact) mass is 253 g/mol. The highest BCUT2D eigenvalue weighted by Gasteiger charge is 2.28. The van der Waals surface area contributed by atoms with Crippen molar-refractivity contribution in [1.82, 2.24) is 14.7 Å². The second kappa shape index (κ2) is 6.53. The van der Waals surface area contributed by atoms with E-state index >= 15 is 0 Å². The fourth-order valence-electron chi connectivity index (χ4n) is 3.00. The van der Waals surface area contributed by atoms with Crippen LogP contribution in [0.3, 0.4) is 0 Å². The number of carbonyl (C=O) groups is 1. The molecule has 2 heterocycles. The Bertz CT molecular complexity index is 268. The second-order valence-electron chi connectivity index (χ2n) is 5.53. The lowest BCUT2D eigenvalue weighted by Gasteiger charge is -2.39. The van der Waals surface area contributed by atoms with Crippen LogP contribution in [0.5, 0.6) is 0 Å². The van der Waals surface area contributed by atoms with Crippen molar-refractivity contribution in [2.24, 2.45) is 0 Å². The van der Waals surface area contributed by atoms with E-state index in [-0.39, 0.29) is 6.04 Å². The first-order valence-corrected chi connectivity index (χ1v) is 7.47. The Kier molecular flexibility index (Phi) is 5.01. The Morgan fingerprint density at radius 3 is 2.17 bits per heavy atom. The molecule has 1 amide bonds. The van der Waals surface area contributed by atoms with Crippen molar-refractivity contribution in [3.8, 4) is 0 Å². The predicted molar refractivity (Wildman–Crippen MR) is 73.6 cm³/mol. The fraction of sp³-hybridized carbons (Fsp3) is 0.929. The van der Waals surface area contributed by atoms with E-state index in [1.807, 2.05) is 0 Å². The van der Waals surface area contributed by atoms with E-state index in [4.69, 9.17) is 0 Å². The molecule has 2 fully saturated rings. The molecule has 0 bridgehead atoms. The molecule has 2 saturated heterocycles. The molecule has 0 saturated carbocycles. The van der Waals surface area contributed by atoms with Crippen LogP contribution in [0.2, 0.25) is 0 Å². The van der Waals surface area contributed by atoms with Gasteiger partial charge in [0.15, 0.2) is 0 Å². The number of hydrogen-bond donors (Lipinski definition) is 0. The summed E-state index contributed by atoms with van der Waals surface area (Å²) in [6.45, 7) is 11.6. The third kappa shape index (κ3) is 3.23. The highest BCUT2D eigenvalue weighted by atomic mass is 16.2. The number of piperazine rings is 1. The smallest absolute Gasteiger partial charge is 0.239 e.